The molecule has 0 saturated carbocycles. The van der Waals surface area contributed by atoms with Gasteiger partial charge in [-0.25, -0.2) is 5.01 Å². The molecular weight excluding hydrogens is 432 g/mol. The number of nitrogens with one attached hydrogen (secondary N) is 1. The van der Waals surface area contributed by atoms with Crippen molar-refractivity contribution in [2.75, 3.05) is 25.3 Å². The molecule has 1 fully saturated rings. The molecular formula is C27H26N2O5. The summed E-state index contributed by atoms with van der Waals surface area (Å²) in [4.78, 5) is 25.2. The first-order valence-electron chi connectivity index (χ1n) is 11.0. The number of hydrazine groups is 1. The third-order valence-corrected chi connectivity index (χ3v) is 5.24. The lowest BCUT2D eigenvalue weighted by molar-refractivity contribution is -0.117. The molecule has 4 rings (SSSR count). The van der Waals surface area contributed by atoms with Gasteiger partial charge in [0.2, 0.25) is 0 Å². The normalized spacial score (nSPS) is 14.3. The molecule has 1 aliphatic heterocycles. The van der Waals surface area contributed by atoms with Crippen LogP contribution in [0.5, 0.6) is 17.2 Å². The number of amides is 2. The Labute approximate surface area is 198 Å². The molecule has 1 N–H and O–H groups in total. The predicted octanol–water partition coefficient (Wildman–Crippen LogP) is 4.31. The number of anilines is 1. The Kier molecular flexibility index (Phi) is 7.13. The van der Waals surface area contributed by atoms with Crippen LogP contribution in [0.4, 0.5) is 5.69 Å². The smallest absolute Gasteiger partial charge is 0.282 e. The number of carbonyl (C=O) groups excluding carboxylic acids is 2. The van der Waals surface area contributed by atoms with E-state index >= 15 is 0 Å². The summed E-state index contributed by atoms with van der Waals surface area (Å²) in [7, 11) is 1.55. The van der Waals surface area contributed by atoms with Crippen LogP contribution < -0.4 is 24.6 Å². The molecule has 7 heteroatoms. The zero-order valence-corrected chi connectivity index (χ0v) is 19.1. The van der Waals surface area contributed by atoms with Crippen molar-refractivity contribution in [1.82, 2.24) is 5.43 Å². The topological polar surface area (TPSA) is 77.1 Å². The molecule has 0 atom stereocenters. The second-order valence-corrected chi connectivity index (χ2v) is 7.75. The number of carbonyl (C=O) groups is 2. The third kappa shape index (κ3) is 5.38. The van der Waals surface area contributed by atoms with Gasteiger partial charge < -0.3 is 14.2 Å². The first-order valence-corrected chi connectivity index (χ1v) is 11.0. The van der Waals surface area contributed by atoms with Gasteiger partial charge >= 0.3 is 0 Å². The fourth-order valence-corrected chi connectivity index (χ4v) is 3.44. The minimum Gasteiger partial charge on any atom is -0.493 e. The summed E-state index contributed by atoms with van der Waals surface area (Å²) in [6, 6.07) is 22.1. The van der Waals surface area contributed by atoms with Crippen molar-refractivity contribution in [1.29, 1.82) is 0 Å². The van der Waals surface area contributed by atoms with Crippen molar-refractivity contribution >= 4 is 23.6 Å². The average Bonchev–Trinajstić information content (AvgIpc) is 3.14. The summed E-state index contributed by atoms with van der Waals surface area (Å²) in [6.45, 7) is 3.02. The van der Waals surface area contributed by atoms with Crippen molar-refractivity contribution in [2.45, 2.75) is 13.3 Å². The zero-order valence-electron chi connectivity index (χ0n) is 19.1. The maximum atomic E-state index is 12.8. The minimum absolute atomic E-state index is 0.0489. The van der Waals surface area contributed by atoms with Crippen LogP contribution in [0.15, 0.2) is 78.4 Å². The van der Waals surface area contributed by atoms with E-state index in [4.69, 9.17) is 14.2 Å². The lowest BCUT2D eigenvalue weighted by Gasteiger charge is -2.14. The molecule has 0 radical (unpaired) electrons. The Morgan fingerprint density at radius 1 is 0.882 bits per heavy atom. The number of hydrogen-bond acceptors (Lipinski definition) is 5. The van der Waals surface area contributed by atoms with Gasteiger partial charge in [0.15, 0.2) is 11.5 Å². The second-order valence-electron chi connectivity index (χ2n) is 7.75. The van der Waals surface area contributed by atoms with Crippen LogP contribution in [-0.2, 0) is 9.59 Å². The molecule has 0 spiro atoms. The molecule has 3 aromatic carbocycles. The molecule has 3 aromatic rings. The Morgan fingerprint density at radius 2 is 1.62 bits per heavy atom. The fraction of sp³-hybridized carbons (Fsp3) is 0.185. The SMILES string of the molecule is COc1cc(/C=C2/C(=O)NN(c3ccccc3)C2=O)ccc1OCCCOc1ccc(C)cc1. The van der Waals surface area contributed by atoms with Gasteiger partial charge in [-0.1, -0.05) is 42.0 Å². The van der Waals surface area contributed by atoms with Crippen LogP contribution in [-0.4, -0.2) is 32.1 Å². The molecule has 0 aliphatic carbocycles. The van der Waals surface area contributed by atoms with E-state index in [9.17, 15) is 9.59 Å². The highest BCUT2D eigenvalue weighted by atomic mass is 16.5. The molecule has 174 valence electrons. The Bertz CT molecular complexity index is 1190. The van der Waals surface area contributed by atoms with Gasteiger partial charge in [-0.2, -0.15) is 0 Å². The van der Waals surface area contributed by atoms with E-state index in [2.05, 4.69) is 5.43 Å². The van der Waals surface area contributed by atoms with Gasteiger partial charge in [0.1, 0.15) is 11.3 Å². The quantitative estimate of drug-likeness (QED) is 0.294. The van der Waals surface area contributed by atoms with Gasteiger partial charge in [0.25, 0.3) is 11.8 Å². The molecule has 0 bridgehead atoms. The standard InChI is InChI=1S/C27H26N2O5/c1-19-9-12-22(13-10-19)33-15-6-16-34-24-14-11-20(18-25(24)32-2)17-23-26(30)28-29(27(23)31)21-7-4-3-5-8-21/h3-5,7-14,17-18H,6,15-16H2,1-2H3,(H,28,30)/b23-17-. The van der Waals surface area contributed by atoms with Crippen LogP contribution in [0, 0.1) is 6.92 Å². The highest BCUT2D eigenvalue weighted by Crippen LogP contribution is 2.30. The monoisotopic (exact) mass is 458 g/mol. The van der Waals surface area contributed by atoms with E-state index in [0.717, 1.165) is 5.75 Å². The minimum atomic E-state index is -0.457. The first-order chi connectivity index (χ1) is 16.5. The number of hydrogen-bond donors (Lipinski definition) is 1. The largest absolute Gasteiger partial charge is 0.493 e. The van der Waals surface area contributed by atoms with Gasteiger partial charge in [0, 0.05) is 6.42 Å². The molecule has 1 saturated heterocycles. The van der Waals surface area contributed by atoms with E-state index in [1.807, 2.05) is 37.3 Å². The lowest BCUT2D eigenvalue weighted by Crippen LogP contribution is -2.35. The van der Waals surface area contributed by atoms with Crippen molar-refractivity contribution < 1.29 is 23.8 Å². The average molecular weight is 459 g/mol. The summed E-state index contributed by atoms with van der Waals surface area (Å²) in [5, 5.41) is 1.24. The molecule has 2 amide bonds. The number of benzene rings is 3. The van der Waals surface area contributed by atoms with Crippen LogP contribution in [0.25, 0.3) is 6.08 Å². The number of aryl methyl sites for hydroxylation is 1. The van der Waals surface area contributed by atoms with Crippen LogP contribution in [0.2, 0.25) is 0 Å². The summed E-state index contributed by atoms with van der Waals surface area (Å²) in [5.41, 5.74) is 5.08. The van der Waals surface area contributed by atoms with Gasteiger partial charge in [0.05, 0.1) is 26.0 Å². The number of methoxy groups -OCH3 is 1. The van der Waals surface area contributed by atoms with Crippen LogP contribution in [0.3, 0.4) is 0 Å². The van der Waals surface area contributed by atoms with E-state index in [1.54, 1.807) is 55.7 Å². The van der Waals surface area contributed by atoms with E-state index in [-0.39, 0.29) is 5.57 Å². The van der Waals surface area contributed by atoms with Crippen molar-refractivity contribution in [3.63, 3.8) is 0 Å². The first kappa shape index (κ1) is 22.9. The third-order valence-electron chi connectivity index (χ3n) is 5.24. The Morgan fingerprint density at radius 3 is 2.35 bits per heavy atom. The fourth-order valence-electron chi connectivity index (χ4n) is 3.44. The number of para-hydroxylation sites is 1. The summed E-state index contributed by atoms with van der Waals surface area (Å²) in [6.07, 6.45) is 2.25. The number of rotatable bonds is 9. The Hall–Kier alpha value is -4.26. The van der Waals surface area contributed by atoms with E-state index < -0.39 is 11.8 Å². The molecule has 0 unspecified atom stereocenters. The second kappa shape index (κ2) is 10.6. The molecule has 0 aromatic heterocycles. The lowest BCUT2D eigenvalue weighted by atomic mass is 10.1. The Balaban J connectivity index is 1.37. The molecule has 7 nitrogen and oxygen atoms in total. The number of ether oxygens (including phenoxy) is 3. The highest BCUT2D eigenvalue weighted by molar-refractivity contribution is 6.31. The maximum Gasteiger partial charge on any atom is 0.282 e. The van der Waals surface area contributed by atoms with Gasteiger partial charge in [-0.15, -0.1) is 0 Å². The van der Waals surface area contributed by atoms with Crippen LogP contribution >= 0.6 is 0 Å². The van der Waals surface area contributed by atoms with Gasteiger partial charge in [-0.3, -0.25) is 15.0 Å². The highest BCUT2D eigenvalue weighted by Gasteiger charge is 2.34. The van der Waals surface area contributed by atoms with Crippen LogP contribution in [0.1, 0.15) is 17.5 Å². The molecule has 34 heavy (non-hydrogen) atoms. The number of nitrogens with zero attached hydrogens (tertiary/aromatic N) is 1. The predicted molar refractivity (Wildman–Crippen MR) is 130 cm³/mol. The van der Waals surface area contributed by atoms with Gasteiger partial charge in [-0.05, 0) is 55.0 Å². The maximum absolute atomic E-state index is 12.8. The molecule has 1 aliphatic rings. The molecule has 1 heterocycles. The zero-order chi connectivity index (χ0) is 23.9. The van der Waals surface area contributed by atoms with Crippen molar-refractivity contribution in [3.8, 4) is 17.2 Å². The van der Waals surface area contributed by atoms with E-state index in [1.165, 1.54) is 10.6 Å². The summed E-state index contributed by atoms with van der Waals surface area (Å²) >= 11 is 0. The summed E-state index contributed by atoms with van der Waals surface area (Å²) in [5.74, 6) is 1.05. The van der Waals surface area contributed by atoms with Crippen molar-refractivity contribution in [3.05, 3.63) is 89.5 Å². The van der Waals surface area contributed by atoms with E-state index in [0.29, 0.717) is 42.4 Å². The summed E-state index contributed by atoms with van der Waals surface area (Å²) < 4.78 is 17.0. The van der Waals surface area contributed by atoms with Crippen molar-refractivity contribution in [2.24, 2.45) is 0 Å².